The first-order chi connectivity index (χ1) is 2.27. The molecule has 2 N–H and O–H groups in total. The Kier molecular flexibility index (Phi) is 21.9. The minimum atomic E-state index is 0. The third-order valence-electron chi connectivity index (χ3n) is 0.321. The average molecular weight is 174 g/mol. The summed E-state index contributed by atoms with van der Waals surface area (Å²) in [7, 11) is 0. The molecule has 0 heterocycles. The summed E-state index contributed by atoms with van der Waals surface area (Å²) < 4.78 is 0. The van der Waals surface area contributed by atoms with Gasteiger partial charge in [0.15, 0.2) is 0 Å². The molecule has 2 heteroatoms. The molecule has 0 saturated heterocycles. The van der Waals surface area contributed by atoms with Gasteiger partial charge in [0, 0.05) is 32.7 Å². The van der Waals surface area contributed by atoms with Crippen LogP contribution in [-0.2, 0) is 32.7 Å². The molecule has 1 nitrogen and oxygen atoms in total. The summed E-state index contributed by atoms with van der Waals surface area (Å²) in [6.07, 6.45) is 0.639. The van der Waals surface area contributed by atoms with Crippen LogP contribution in [0.4, 0.5) is 0 Å². The molecular weight excluding hydrogens is 163 g/mol. The molecule has 0 aromatic carbocycles. The van der Waals surface area contributed by atoms with Gasteiger partial charge in [0.25, 0.3) is 0 Å². The Balaban J connectivity index is -0.0000000800. The van der Waals surface area contributed by atoms with Crippen LogP contribution in [0.3, 0.4) is 0 Å². The van der Waals surface area contributed by atoms with Crippen molar-refractivity contribution in [2.24, 2.45) is 5.73 Å². The Morgan fingerprint density at radius 1 is 1.71 bits per heavy atom. The van der Waals surface area contributed by atoms with Gasteiger partial charge in [-0.3, -0.25) is 0 Å². The summed E-state index contributed by atoms with van der Waals surface area (Å²) in [5.41, 5.74) is 5.68. The molecule has 0 aliphatic heterocycles. The Hall–Kier alpha value is 0.644. The summed E-state index contributed by atoms with van der Waals surface area (Å²) in [6, 6.07) is 0. The van der Waals surface area contributed by atoms with Crippen molar-refractivity contribution in [2.75, 3.05) is 0 Å². The molecule has 0 aromatic heterocycles. The van der Waals surface area contributed by atoms with E-state index in [1.807, 2.05) is 0 Å². The topological polar surface area (TPSA) is 26.0 Å². The first-order valence-electron chi connectivity index (χ1n) is 1.50. The summed E-state index contributed by atoms with van der Waals surface area (Å²) in [4.78, 5) is 0. The second kappa shape index (κ2) is 9.81. The number of nitrogens with two attached hydrogens (primary N) is 1. The van der Waals surface area contributed by atoms with Crippen LogP contribution in [0.1, 0.15) is 6.42 Å². The SMILES string of the molecule is C=C(N)C[CH2-].[CH3-].[Y]. The van der Waals surface area contributed by atoms with Crippen molar-refractivity contribution < 1.29 is 32.7 Å². The maximum atomic E-state index is 5.03. The van der Waals surface area contributed by atoms with Gasteiger partial charge in [-0.25, -0.2) is 0 Å². The van der Waals surface area contributed by atoms with Crippen LogP contribution in [0.25, 0.3) is 0 Å². The second-order valence-corrected chi connectivity index (χ2v) is 0.908. The van der Waals surface area contributed by atoms with E-state index in [1.54, 1.807) is 0 Å². The van der Waals surface area contributed by atoms with Crippen molar-refractivity contribution in [3.05, 3.63) is 26.6 Å². The van der Waals surface area contributed by atoms with Gasteiger partial charge in [0.1, 0.15) is 0 Å². The molecule has 0 saturated carbocycles. The van der Waals surface area contributed by atoms with E-state index in [2.05, 4.69) is 13.5 Å². The smallest absolute Gasteiger partial charge is 0 e. The standard InChI is InChI=1S/C4H8N.CH3.Y/c1-3-4(2)5;;/h1-3,5H2;1H3;/q2*-1;. The van der Waals surface area contributed by atoms with Gasteiger partial charge in [-0.05, 0) is 5.70 Å². The van der Waals surface area contributed by atoms with E-state index < -0.39 is 0 Å². The van der Waals surface area contributed by atoms with E-state index in [0.717, 1.165) is 0 Å². The second-order valence-electron chi connectivity index (χ2n) is 0.908. The molecule has 1 radical (unpaired) electrons. The molecule has 0 fully saturated rings. The number of rotatable bonds is 1. The minimum Gasteiger partial charge on any atom is -0.405 e. The van der Waals surface area contributed by atoms with E-state index in [-0.39, 0.29) is 40.1 Å². The fraction of sp³-hybridized carbons (Fsp3) is 0.200. The molecule has 0 spiro atoms. The molecule has 0 amide bonds. The first-order valence-corrected chi connectivity index (χ1v) is 1.50. The third-order valence-corrected chi connectivity index (χ3v) is 0.321. The van der Waals surface area contributed by atoms with Gasteiger partial charge in [0.05, 0.1) is 0 Å². The molecule has 0 bridgehead atoms. The summed E-state index contributed by atoms with van der Waals surface area (Å²) in [5.74, 6) is 0. The van der Waals surface area contributed by atoms with Crippen molar-refractivity contribution in [1.82, 2.24) is 0 Å². The van der Waals surface area contributed by atoms with Crippen LogP contribution in [-0.4, -0.2) is 0 Å². The minimum absolute atomic E-state index is 0. The molecule has 41 valence electrons. The van der Waals surface area contributed by atoms with Crippen molar-refractivity contribution in [1.29, 1.82) is 0 Å². The fourth-order valence-corrected chi connectivity index (χ4v) is 0. The summed E-state index contributed by atoms with van der Waals surface area (Å²) in [6.45, 7) is 6.85. The van der Waals surface area contributed by atoms with Crippen molar-refractivity contribution in [3.63, 3.8) is 0 Å². The molecule has 0 aliphatic rings. The van der Waals surface area contributed by atoms with Gasteiger partial charge >= 0.3 is 0 Å². The van der Waals surface area contributed by atoms with Crippen molar-refractivity contribution in [2.45, 2.75) is 6.42 Å². The van der Waals surface area contributed by atoms with Crippen molar-refractivity contribution in [3.8, 4) is 0 Å². The van der Waals surface area contributed by atoms with Crippen LogP contribution in [0.5, 0.6) is 0 Å². The zero-order chi connectivity index (χ0) is 4.28. The number of hydrogen-bond donors (Lipinski definition) is 1. The molecule has 0 aromatic rings. The van der Waals surface area contributed by atoms with Crippen LogP contribution in [0.15, 0.2) is 12.3 Å². The normalized spacial score (nSPS) is 5.29. The fourth-order valence-electron chi connectivity index (χ4n) is 0. The van der Waals surface area contributed by atoms with Crippen LogP contribution < -0.4 is 5.73 Å². The van der Waals surface area contributed by atoms with Gasteiger partial charge in [-0.15, -0.1) is 6.42 Å². The predicted molar refractivity (Wildman–Crippen MR) is 29.7 cm³/mol. The molecule has 0 unspecified atom stereocenters. The molecule has 0 rings (SSSR count). The molecule has 0 atom stereocenters. The van der Waals surface area contributed by atoms with Gasteiger partial charge in [-0.1, -0.05) is 6.58 Å². The average Bonchev–Trinajstić information content (AvgIpc) is 1.38. The van der Waals surface area contributed by atoms with E-state index in [1.165, 1.54) is 0 Å². The Bertz CT molecular complexity index is 43.3. The molecule has 0 aliphatic carbocycles. The quantitative estimate of drug-likeness (QED) is 0.592. The molecule has 7 heavy (non-hydrogen) atoms. The Labute approximate surface area is 71.2 Å². The summed E-state index contributed by atoms with van der Waals surface area (Å²) >= 11 is 0. The van der Waals surface area contributed by atoms with E-state index >= 15 is 0 Å². The predicted octanol–water partition coefficient (Wildman–Crippen LogP) is 1.13. The largest absolute Gasteiger partial charge is 0.405 e. The molecular formula is C5H11NY-2. The number of hydrogen-bond acceptors (Lipinski definition) is 1. The van der Waals surface area contributed by atoms with Crippen LogP contribution >= 0.6 is 0 Å². The monoisotopic (exact) mass is 174 g/mol. The van der Waals surface area contributed by atoms with Crippen LogP contribution in [0, 0.1) is 14.4 Å². The van der Waals surface area contributed by atoms with Crippen LogP contribution in [0.2, 0.25) is 0 Å². The van der Waals surface area contributed by atoms with E-state index in [9.17, 15) is 0 Å². The zero-order valence-corrected chi connectivity index (χ0v) is 7.61. The maximum absolute atomic E-state index is 5.03. The first kappa shape index (κ1) is 15.6. The Morgan fingerprint density at radius 3 is 1.86 bits per heavy atom. The maximum Gasteiger partial charge on any atom is 0 e. The Morgan fingerprint density at radius 2 is 1.86 bits per heavy atom. The van der Waals surface area contributed by atoms with Crippen molar-refractivity contribution >= 4 is 0 Å². The van der Waals surface area contributed by atoms with E-state index in [0.29, 0.717) is 12.1 Å². The third kappa shape index (κ3) is 20.5. The zero-order valence-electron chi connectivity index (χ0n) is 4.78. The van der Waals surface area contributed by atoms with Gasteiger partial charge in [0.2, 0.25) is 0 Å². The van der Waals surface area contributed by atoms with Gasteiger partial charge in [-0.2, -0.15) is 0 Å². The van der Waals surface area contributed by atoms with Gasteiger partial charge < -0.3 is 20.1 Å². The summed E-state index contributed by atoms with van der Waals surface area (Å²) in [5, 5.41) is 0. The number of allylic oxidation sites excluding steroid dienone is 1. The van der Waals surface area contributed by atoms with E-state index in [4.69, 9.17) is 5.73 Å².